The summed E-state index contributed by atoms with van der Waals surface area (Å²) in [6, 6.07) is 0. The summed E-state index contributed by atoms with van der Waals surface area (Å²) in [5.74, 6) is 2.20. The minimum absolute atomic E-state index is 0.362. The molecule has 1 aromatic heterocycles. The van der Waals surface area contributed by atoms with Crippen LogP contribution in [-0.2, 0) is 6.42 Å². The predicted molar refractivity (Wildman–Crippen MR) is 72.0 cm³/mol. The van der Waals surface area contributed by atoms with Gasteiger partial charge in [0.15, 0.2) is 0 Å². The van der Waals surface area contributed by atoms with Gasteiger partial charge in [-0.2, -0.15) is 0 Å². The third-order valence-electron chi connectivity index (χ3n) is 2.28. The van der Waals surface area contributed by atoms with E-state index in [1.807, 2.05) is 0 Å². The lowest BCUT2D eigenvalue weighted by molar-refractivity contribution is 0.745. The van der Waals surface area contributed by atoms with E-state index in [1.165, 1.54) is 0 Å². The molecular formula is C12H20BrN3. The maximum atomic E-state index is 4.61. The van der Waals surface area contributed by atoms with Gasteiger partial charge in [-0.25, -0.2) is 9.97 Å². The molecule has 0 spiro atoms. The van der Waals surface area contributed by atoms with Crippen LogP contribution in [0.15, 0.2) is 4.47 Å². The molecule has 0 fully saturated rings. The van der Waals surface area contributed by atoms with Gasteiger partial charge in [0.25, 0.3) is 0 Å². The Balaban J connectivity index is 3.16. The lowest BCUT2D eigenvalue weighted by Crippen LogP contribution is -2.09. The van der Waals surface area contributed by atoms with Crippen LogP contribution in [0.1, 0.15) is 51.6 Å². The van der Waals surface area contributed by atoms with Gasteiger partial charge in [-0.05, 0) is 29.3 Å². The monoisotopic (exact) mass is 285 g/mol. The van der Waals surface area contributed by atoms with Crippen molar-refractivity contribution in [3.8, 4) is 0 Å². The van der Waals surface area contributed by atoms with Crippen LogP contribution in [0.5, 0.6) is 0 Å². The largest absolute Gasteiger partial charge is 0.369 e. The Morgan fingerprint density at radius 1 is 1.25 bits per heavy atom. The van der Waals surface area contributed by atoms with Crippen molar-refractivity contribution in [2.45, 2.75) is 46.5 Å². The predicted octanol–water partition coefficient (Wildman–Crippen LogP) is 3.75. The number of aryl methyl sites for hydroxylation is 1. The summed E-state index contributed by atoms with van der Waals surface area (Å²) in [6.45, 7) is 9.35. The molecule has 0 aliphatic heterocycles. The summed E-state index contributed by atoms with van der Waals surface area (Å²) in [4.78, 5) is 9.14. The molecule has 1 rings (SSSR count). The molecule has 1 aromatic rings. The van der Waals surface area contributed by atoms with E-state index in [4.69, 9.17) is 0 Å². The van der Waals surface area contributed by atoms with Crippen molar-refractivity contribution in [2.24, 2.45) is 0 Å². The van der Waals surface area contributed by atoms with Crippen LogP contribution in [-0.4, -0.2) is 16.5 Å². The Labute approximate surface area is 106 Å². The molecule has 0 radical (unpaired) electrons. The number of aromatic nitrogens is 2. The molecule has 1 heterocycles. The Kier molecular flexibility index (Phi) is 5.19. The number of nitrogens with zero attached hydrogens (tertiary/aromatic N) is 2. The summed E-state index contributed by atoms with van der Waals surface area (Å²) in [7, 11) is 0. The molecule has 4 heteroatoms. The van der Waals surface area contributed by atoms with Crippen LogP contribution >= 0.6 is 15.9 Å². The highest BCUT2D eigenvalue weighted by Gasteiger charge is 2.12. The normalized spacial score (nSPS) is 10.9. The molecule has 1 N–H and O–H groups in total. The zero-order chi connectivity index (χ0) is 12.1. The van der Waals surface area contributed by atoms with E-state index in [-0.39, 0.29) is 0 Å². The van der Waals surface area contributed by atoms with E-state index in [2.05, 4.69) is 58.9 Å². The molecule has 16 heavy (non-hydrogen) atoms. The highest BCUT2D eigenvalue weighted by atomic mass is 79.9. The molecule has 3 nitrogen and oxygen atoms in total. The third kappa shape index (κ3) is 3.17. The summed E-state index contributed by atoms with van der Waals surface area (Å²) in [6.07, 6.45) is 2.08. The number of anilines is 1. The van der Waals surface area contributed by atoms with E-state index in [9.17, 15) is 0 Å². The van der Waals surface area contributed by atoms with Crippen LogP contribution in [0.4, 0.5) is 5.82 Å². The third-order valence-corrected chi connectivity index (χ3v) is 3.12. The summed E-state index contributed by atoms with van der Waals surface area (Å²) >= 11 is 3.58. The molecule has 0 aliphatic rings. The molecule has 0 unspecified atom stereocenters. The summed E-state index contributed by atoms with van der Waals surface area (Å²) in [5.41, 5.74) is 1.11. The van der Waals surface area contributed by atoms with Gasteiger partial charge in [-0.3, -0.25) is 0 Å². The molecule has 0 saturated carbocycles. The first-order valence-electron chi connectivity index (χ1n) is 5.90. The standard InChI is InChI=1S/C12H20BrN3/c1-5-7-9-10(13)12(14-6-2)16-11(15-9)8(3)4/h8H,5-7H2,1-4H3,(H,14,15,16). The topological polar surface area (TPSA) is 37.8 Å². The van der Waals surface area contributed by atoms with Crippen LogP contribution in [0, 0.1) is 0 Å². The molecule has 0 saturated heterocycles. The van der Waals surface area contributed by atoms with Gasteiger partial charge in [0.1, 0.15) is 11.6 Å². The van der Waals surface area contributed by atoms with Crippen molar-refractivity contribution in [2.75, 3.05) is 11.9 Å². The molecule has 0 bridgehead atoms. The van der Waals surface area contributed by atoms with E-state index >= 15 is 0 Å². The first kappa shape index (κ1) is 13.4. The van der Waals surface area contributed by atoms with Gasteiger partial charge in [0, 0.05) is 12.5 Å². The molecular weight excluding hydrogens is 266 g/mol. The fourth-order valence-corrected chi connectivity index (χ4v) is 1.97. The fraction of sp³-hybridized carbons (Fsp3) is 0.667. The molecule has 0 aromatic carbocycles. The number of hydrogen-bond acceptors (Lipinski definition) is 3. The van der Waals surface area contributed by atoms with E-state index in [0.717, 1.165) is 41.2 Å². The quantitative estimate of drug-likeness (QED) is 0.895. The van der Waals surface area contributed by atoms with Gasteiger partial charge in [0.2, 0.25) is 0 Å². The van der Waals surface area contributed by atoms with Gasteiger partial charge < -0.3 is 5.32 Å². The zero-order valence-electron chi connectivity index (χ0n) is 10.5. The van der Waals surface area contributed by atoms with E-state index in [0.29, 0.717) is 5.92 Å². The lowest BCUT2D eigenvalue weighted by atomic mass is 10.2. The zero-order valence-corrected chi connectivity index (χ0v) is 12.1. The van der Waals surface area contributed by atoms with Crippen molar-refractivity contribution in [3.05, 3.63) is 16.0 Å². The van der Waals surface area contributed by atoms with Gasteiger partial charge in [0.05, 0.1) is 10.2 Å². The number of nitrogens with one attached hydrogen (secondary N) is 1. The second-order valence-corrected chi connectivity index (χ2v) is 4.92. The SMILES string of the molecule is CCCc1nc(C(C)C)nc(NCC)c1Br. The van der Waals surface area contributed by atoms with Crippen LogP contribution < -0.4 is 5.32 Å². The number of rotatable bonds is 5. The highest BCUT2D eigenvalue weighted by molar-refractivity contribution is 9.10. The Morgan fingerprint density at radius 2 is 1.94 bits per heavy atom. The Bertz CT molecular complexity index is 323. The maximum Gasteiger partial charge on any atom is 0.144 e. The first-order valence-corrected chi connectivity index (χ1v) is 6.69. The first-order chi connectivity index (χ1) is 7.60. The molecule has 0 atom stereocenters. The van der Waals surface area contributed by atoms with Crippen molar-refractivity contribution >= 4 is 21.7 Å². The van der Waals surface area contributed by atoms with Crippen LogP contribution in [0.3, 0.4) is 0 Å². The summed E-state index contributed by atoms with van der Waals surface area (Å²) < 4.78 is 1.01. The van der Waals surface area contributed by atoms with E-state index < -0.39 is 0 Å². The van der Waals surface area contributed by atoms with Crippen molar-refractivity contribution in [3.63, 3.8) is 0 Å². The fourth-order valence-electron chi connectivity index (χ4n) is 1.46. The lowest BCUT2D eigenvalue weighted by Gasteiger charge is -2.13. The van der Waals surface area contributed by atoms with Crippen molar-refractivity contribution in [1.82, 2.24) is 9.97 Å². The molecule has 0 aliphatic carbocycles. The van der Waals surface area contributed by atoms with Crippen molar-refractivity contribution < 1.29 is 0 Å². The van der Waals surface area contributed by atoms with Gasteiger partial charge in [-0.15, -0.1) is 0 Å². The number of hydrogen-bond donors (Lipinski definition) is 1. The highest BCUT2D eigenvalue weighted by Crippen LogP contribution is 2.26. The van der Waals surface area contributed by atoms with E-state index in [1.54, 1.807) is 0 Å². The Morgan fingerprint density at radius 3 is 2.44 bits per heavy atom. The summed E-state index contributed by atoms with van der Waals surface area (Å²) in [5, 5.41) is 3.27. The van der Waals surface area contributed by atoms with Crippen LogP contribution in [0.2, 0.25) is 0 Å². The van der Waals surface area contributed by atoms with Crippen LogP contribution in [0.25, 0.3) is 0 Å². The van der Waals surface area contributed by atoms with Gasteiger partial charge >= 0.3 is 0 Å². The average Bonchev–Trinajstić information content (AvgIpc) is 2.24. The smallest absolute Gasteiger partial charge is 0.144 e. The Hall–Kier alpha value is -0.640. The molecule has 90 valence electrons. The number of halogens is 1. The molecule has 0 amide bonds. The average molecular weight is 286 g/mol. The van der Waals surface area contributed by atoms with Gasteiger partial charge in [-0.1, -0.05) is 27.2 Å². The maximum absolute atomic E-state index is 4.61. The minimum Gasteiger partial charge on any atom is -0.369 e. The van der Waals surface area contributed by atoms with Crippen molar-refractivity contribution in [1.29, 1.82) is 0 Å². The second kappa shape index (κ2) is 6.18. The second-order valence-electron chi connectivity index (χ2n) is 4.13. The minimum atomic E-state index is 0.362.